The molecule has 0 amide bonds. The number of aromatic nitrogens is 1. The fourth-order valence-electron chi connectivity index (χ4n) is 3.51. The van der Waals surface area contributed by atoms with Crippen LogP contribution < -0.4 is 10.6 Å². The molecule has 3 rings (SSSR count). The molecule has 4 heteroatoms. The quantitative estimate of drug-likeness (QED) is 0.864. The number of anilines is 2. The Morgan fingerprint density at radius 3 is 2.78 bits per heavy atom. The maximum Gasteiger partial charge on any atom is 0.151 e. The minimum Gasteiger partial charge on any atom is -0.396 e. The van der Waals surface area contributed by atoms with Crippen molar-refractivity contribution >= 4 is 27.4 Å². The van der Waals surface area contributed by atoms with Gasteiger partial charge in [0.1, 0.15) is 0 Å². The molecule has 18 heavy (non-hydrogen) atoms. The summed E-state index contributed by atoms with van der Waals surface area (Å²) in [4.78, 5) is 6.88. The van der Waals surface area contributed by atoms with Crippen molar-refractivity contribution in [2.45, 2.75) is 32.1 Å². The van der Waals surface area contributed by atoms with Crippen molar-refractivity contribution in [1.82, 2.24) is 4.98 Å². The zero-order valence-electron chi connectivity index (χ0n) is 10.6. The highest BCUT2D eigenvalue weighted by Gasteiger charge is 2.32. The molecule has 2 unspecified atom stereocenters. The lowest BCUT2D eigenvalue weighted by Crippen LogP contribution is -2.42. The number of halogens is 1. The minimum absolute atomic E-state index is 0.790. The van der Waals surface area contributed by atoms with Crippen molar-refractivity contribution in [2.24, 2.45) is 11.8 Å². The predicted octanol–water partition coefficient (Wildman–Crippen LogP) is 3.44. The van der Waals surface area contributed by atoms with E-state index in [2.05, 4.69) is 25.8 Å². The predicted molar refractivity (Wildman–Crippen MR) is 78.6 cm³/mol. The third kappa shape index (κ3) is 2.35. The van der Waals surface area contributed by atoms with E-state index in [1.807, 2.05) is 12.3 Å². The van der Waals surface area contributed by atoms with Crippen LogP contribution in [0.25, 0.3) is 0 Å². The van der Waals surface area contributed by atoms with Crippen LogP contribution in [-0.2, 0) is 0 Å². The molecule has 1 aromatic heterocycles. The number of nitrogen functional groups attached to an aromatic ring is 1. The van der Waals surface area contributed by atoms with Gasteiger partial charge >= 0.3 is 0 Å². The Bertz CT molecular complexity index is 435. The van der Waals surface area contributed by atoms with Crippen molar-refractivity contribution < 1.29 is 0 Å². The summed E-state index contributed by atoms with van der Waals surface area (Å²) in [5.74, 6) is 2.78. The fraction of sp³-hybridized carbons (Fsp3) is 0.643. The first-order valence-corrected chi connectivity index (χ1v) is 7.69. The molecule has 2 atom stereocenters. The van der Waals surface area contributed by atoms with Gasteiger partial charge in [-0.15, -0.1) is 0 Å². The van der Waals surface area contributed by atoms with Gasteiger partial charge in [0.05, 0.1) is 5.69 Å². The Hall–Kier alpha value is -0.770. The molecule has 0 bridgehead atoms. The standard InChI is InChI=1S/C14H20BrN3/c15-12-7-13(16)14(17-8-12)18-6-5-10-3-1-2-4-11(10)9-18/h7-8,10-11H,1-6,9,16H2. The summed E-state index contributed by atoms with van der Waals surface area (Å²) in [6.07, 6.45) is 8.80. The summed E-state index contributed by atoms with van der Waals surface area (Å²) in [6, 6.07) is 1.95. The number of hydrogen-bond donors (Lipinski definition) is 1. The van der Waals surface area contributed by atoms with Crippen molar-refractivity contribution in [3.05, 3.63) is 16.7 Å². The molecule has 0 aromatic carbocycles. The van der Waals surface area contributed by atoms with E-state index in [1.165, 1.54) is 32.1 Å². The van der Waals surface area contributed by atoms with E-state index in [0.717, 1.165) is 40.9 Å². The van der Waals surface area contributed by atoms with E-state index >= 15 is 0 Å². The molecule has 1 aliphatic carbocycles. The average Bonchev–Trinajstić information content (AvgIpc) is 2.38. The van der Waals surface area contributed by atoms with Crippen LogP contribution in [0.3, 0.4) is 0 Å². The van der Waals surface area contributed by atoms with Gasteiger partial charge in [0.15, 0.2) is 5.82 Å². The first-order chi connectivity index (χ1) is 8.74. The van der Waals surface area contributed by atoms with Crippen LogP contribution in [0.1, 0.15) is 32.1 Å². The van der Waals surface area contributed by atoms with Crippen LogP contribution in [-0.4, -0.2) is 18.1 Å². The Morgan fingerprint density at radius 2 is 2.00 bits per heavy atom. The Balaban J connectivity index is 1.77. The molecule has 0 spiro atoms. The van der Waals surface area contributed by atoms with Crippen molar-refractivity contribution in [1.29, 1.82) is 0 Å². The monoisotopic (exact) mass is 309 g/mol. The second-order valence-electron chi connectivity index (χ2n) is 5.61. The zero-order chi connectivity index (χ0) is 12.5. The van der Waals surface area contributed by atoms with Crippen molar-refractivity contribution in [2.75, 3.05) is 23.7 Å². The van der Waals surface area contributed by atoms with Gasteiger partial charge in [-0.25, -0.2) is 4.98 Å². The van der Waals surface area contributed by atoms with Gasteiger partial charge in [0.25, 0.3) is 0 Å². The normalized spacial score (nSPS) is 27.9. The Labute approximate surface area is 117 Å². The third-order valence-electron chi connectivity index (χ3n) is 4.45. The SMILES string of the molecule is Nc1cc(Br)cnc1N1CCC2CCCCC2C1. The van der Waals surface area contributed by atoms with E-state index in [-0.39, 0.29) is 0 Å². The number of hydrogen-bond acceptors (Lipinski definition) is 3. The number of fused-ring (bicyclic) bond motifs is 1. The molecule has 2 N–H and O–H groups in total. The number of pyridine rings is 1. The van der Waals surface area contributed by atoms with Crippen LogP contribution in [0.15, 0.2) is 16.7 Å². The first kappa shape index (κ1) is 12.3. The smallest absolute Gasteiger partial charge is 0.151 e. The summed E-state index contributed by atoms with van der Waals surface area (Å²) >= 11 is 3.41. The highest BCUT2D eigenvalue weighted by Crippen LogP contribution is 2.38. The molecule has 1 aromatic rings. The molecule has 98 valence electrons. The summed E-state index contributed by atoms with van der Waals surface area (Å²) in [5, 5.41) is 0. The van der Waals surface area contributed by atoms with Gasteiger partial charge in [-0.05, 0) is 46.7 Å². The van der Waals surface area contributed by atoms with Crippen LogP contribution in [0.2, 0.25) is 0 Å². The van der Waals surface area contributed by atoms with Crippen LogP contribution in [0, 0.1) is 11.8 Å². The Morgan fingerprint density at radius 1 is 1.22 bits per heavy atom. The number of nitrogens with two attached hydrogens (primary N) is 1. The largest absolute Gasteiger partial charge is 0.396 e. The second kappa shape index (κ2) is 5.08. The van der Waals surface area contributed by atoms with Crippen LogP contribution in [0.5, 0.6) is 0 Å². The lowest BCUT2D eigenvalue weighted by atomic mass is 9.75. The van der Waals surface area contributed by atoms with Gasteiger partial charge in [-0.1, -0.05) is 19.3 Å². The van der Waals surface area contributed by atoms with Gasteiger partial charge < -0.3 is 10.6 Å². The lowest BCUT2D eigenvalue weighted by molar-refractivity contribution is 0.202. The van der Waals surface area contributed by atoms with Gasteiger partial charge in [0.2, 0.25) is 0 Å². The second-order valence-corrected chi connectivity index (χ2v) is 6.52. The van der Waals surface area contributed by atoms with Gasteiger partial charge in [-0.3, -0.25) is 0 Å². The van der Waals surface area contributed by atoms with Crippen molar-refractivity contribution in [3.63, 3.8) is 0 Å². The molecule has 0 radical (unpaired) electrons. The highest BCUT2D eigenvalue weighted by atomic mass is 79.9. The van der Waals surface area contributed by atoms with E-state index in [9.17, 15) is 0 Å². The third-order valence-corrected chi connectivity index (χ3v) is 4.89. The first-order valence-electron chi connectivity index (χ1n) is 6.90. The summed E-state index contributed by atoms with van der Waals surface area (Å²) in [6.45, 7) is 2.25. The fourth-order valence-corrected chi connectivity index (χ4v) is 3.85. The molecule has 1 saturated carbocycles. The number of piperidine rings is 1. The molecule has 2 aliphatic rings. The molecule has 3 nitrogen and oxygen atoms in total. The van der Waals surface area contributed by atoms with Gasteiger partial charge in [-0.2, -0.15) is 0 Å². The molecular formula is C14H20BrN3. The zero-order valence-corrected chi connectivity index (χ0v) is 12.2. The average molecular weight is 310 g/mol. The molecule has 2 heterocycles. The molecular weight excluding hydrogens is 290 g/mol. The minimum atomic E-state index is 0.790. The topological polar surface area (TPSA) is 42.1 Å². The lowest BCUT2D eigenvalue weighted by Gasteiger charge is -2.42. The molecule has 1 aliphatic heterocycles. The summed E-state index contributed by atoms with van der Waals surface area (Å²) in [7, 11) is 0. The van der Waals surface area contributed by atoms with Gasteiger partial charge in [0, 0.05) is 23.8 Å². The van der Waals surface area contributed by atoms with E-state index in [0.29, 0.717) is 0 Å². The molecule has 2 fully saturated rings. The number of nitrogens with zero attached hydrogens (tertiary/aromatic N) is 2. The maximum atomic E-state index is 6.09. The van der Waals surface area contributed by atoms with E-state index in [4.69, 9.17) is 5.73 Å². The highest BCUT2D eigenvalue weighted by molar-refractivity contribution is 9.10. The number of rotatable bonds is 1. The van der Waals surface area contributed by atoms with E-state index < -0.39 is 0 Å². The Kier molecular flexibility index (Phi) is 3.46. The summed E-state index contributed by atoms with van der Waals surface area (Å²) in [5.41, 5.74) is 6.88. The van der Waals surface area contributed by atoms with Crippen LogP contribution in [0.4, 0.5) is 11.5 Å². The molecule has 1 saturated heterocycles. The van der Waals surface area contributed by atoms with Crippen LogP contribution >= 0.6 is 15.9 Å². The maximum absolute atomic E-state index is 6.09. The van der Waals surface area contributed by atoms with Crippen molar-refractivity contribution in [3.8, 4) is 0 Å². The van der Waals surface area contributed by atoms with E-state index in [1.54, 1.807) is 0 Å². The summed E-state index contributed by atoms with van der Waals surface area (Å²) < 4.78 is 0.955.